The number of aryl methyl sites for hydroxylation is 1. The first-order chi connectivity index (χ1) is 10.2. The van der Waals surface area contributed by atoms with Crippen molar-refractivity contribution < 1.29 is 9.47 Å². The van der Waals surface area contributed by atoms with Crippen molar-refractivity contribution in [2.75, 3.05) is 19.5 Å². The fraction of sp³-hybridized carbons (Fsp3) is 0.294. The van der Waals surface area contributed by atoms with Gasteiger partial charge in [-0.1, -0.05) is 22.0 Å². The smallest absolute Gasteiger partial charge is 0.162 e. The highest BCUT2D eigenvalue weighted by atomic mass is 79.9. The summed E-state index contributed by atoms with van der Waals surface area (Å²) in [5.74, 6) is 1.50. The van der Waals surface area contributed by atoms with E-state index >= 15 is 0 Å². The molecule has 0 saturated carbocycles. The van der Waals surface area contributed by atoms with E-state index in [2.05, 4.69) is 39.4 Å². The van der Waals surface area contributed by atoms with Gasteiger partial charge in [-0.2, -0.15) is 0 Å². The first-order valence-electron chi connectivity index (χ1n) is 6.98. The fourth-order valence-electron chi connectivity index (χ4n) is 2.86. The predicted molar refractivity (Wildman–Crippen MR) is 88.4 cm³/mol. The normalized spacial score (nSPS) is 16.4. The quantitative estimate of drug-likeness (QED) is 0.878. The second kappa shape index (κ2) is 5.98. The van der Waals surface area contributed by atoms with Crippen molar-refractivity contribution in [2.24, 2.45) is 0 Å². The maximum absolute atomic E-state index is 5.36. The molecule has 4 heteroatoms. The van der Waals surface area contributed by atoms with Crippen LogP contribution in [0.5, 0.6) is 11.5 Å². The number of hydrogen-bond acceptors (Lipinski definition) is 3. The summed E-state index contributed by atoms with van der Waals surface area (Å²) in [4.78, 5) is 0. The Labute approximate surface area is 133 Å². The Kier molecular flexibility index (Phi) is 4.06. The van der Waals surface area contributed by atoms with Crippen molar-refractivity contribution >= 4 is 21.6 Å². The lowest BCUT2D eigenvalue weighted by molar-refractivity contribution is 0.355. The van der Waals surface area contributed by atoms with Crippen LogP contribution in [0.15, 0.2) is 40.9 Å². The molecular weight excluding hydrogens is 330 g/mol. The largest absolute Gasteiger partial charge is 0.493 e. The molecule has 0 fully saturated rings. The molecule has 2 aromatic carbocycles. The Morgan fingerprint density at radius 1 is 1.05 bits per heavy atom. The van der Waals surface area contributed by atoms with E-state index in [4.69, 9.17) is 9.47 Å². The monoisotopic (exact) mass is 347 g/mol. The lowest BCUT2D eigenvalue weighted by Crippen LogP contribution is -2.07. The fourth-order valence-corrected chi connectivity index (χ4v) is 3.27. The third-order valence-electron chi connectivity index (χ3n) is 3.91. The van der Waals surface area contributed by atoms with Gasteiger partial charge in [-0.3, -0.25) is 0 Å². The standard InChI is InChI=1S/C17H18BrNO2/c1-20-16-8-5-13(10-17(16)21-2)19-15-7-3-11-9-12(18)4-6-14(11)15/h4-6,8-10,15,19H,3,7H2,1-2H3. The second-order valence-corrected chi connectivity index (χ2v) is 6.06. The minimum atomic E-state index is 0.353. The maximum Gasteiger partial charge on any atom is 0.162 e. The average molecular weight is 348 g/mol. The third kappa shape index (κ3) is 2.86. The lowest BCUT2D eigenvalue weighted by Gasteiger charge is -2.17. The Morgan fingerprint density at radius 2 is 1.86 bits per heavy atom. The Morgan fingerprint density at radius 3 is 2.62 bits per heavy atom. The molecular formula is C17H18BrNO2. The number of benzene rings is 2. The summed E-state index contributed by atoms with van der Waals surface area (Å²) in [5.41, 5.74) is 3.85. The van der Waals surface area contributed by atoms with Gasteiger partial charge in [0, 0.05) is 16.2 Å². The molecule has 3 nitrogen and oxygen atoms in total. The zero-order valence-corrected chi connectivity index (χ0v) is 13.7. The molecule has 0 radical (unpaired) electrons. The first-order valence-corrected chi connectivity index (χ1v) is 7.77. The van der Waals surface area contributed by atoms with Crippen LogP contribution in [0.2, 0.25) is 0 Å². The molecule has 0 heterocycles. The topological polar surface area (TPSA) is 30.5 Å². The van der Waals surface area contributed by atoms with Crippen LogP contribution in [-0.4, -0.2) is 14.2 Å². The highest BCUT2D eigenvalue weighted by molar-refractivity contribution is 9.10. The van der Waals surface area contributed by atoms with Gasteiger partial charge in [0.2, 0.25) is 0 Å². The van der Waals surface area contributed by atoms with Crippen LogP contribution in [0, 0.1) is 0 Å². The summed E-state index contributed by atoms with van der Waals surface area (Å²) in [5, 5.41) is 3.59. The Balaban J connectivity index is 1.83. The van der Waals surface area contributed by atoms with Crippen molar-refractivity contribution in [3.8, 4) is 11.5 Å². The van der Waals surface area contributed by atoms with E-state index in [1.807, 2.05) is 18.2 Å². The molecule has 0 bridgehead atoms. The maximum atomic E-state index is 5.36. The van der Waals surface area contributed by atoms with E-state index in [0.29, 0.717) is 6.04 Å². The van der Waals surface area contributed by atoms with Crippen molar-refractivity contribution in [1.29, 1.82) is 0 Å². The lowest BCUT2D eigenvalue weighted by atomic mass is 10.1. The number of hydrogen-bond donors (Lipinski definition) is 1. The van der Waals surface area contributed by atoms with E-state index in [-0.39, 0.29) is 0 Å². The molecule has 1 N–H and O–H groups in total. The Bertz CT molecular complexity index is 657. The molecule has 0 saturated heterocycles. The summed E-state index contributed by atoms with van der Waals surface area (Å²) in [6, 6.07) is 12.8. The number of methoxy groups -OCH3 is 2. The van der Waals surface area contributed by atoms with Crippen LogP contribution < -0.4 is 14.8 Å². The predicted octanol–water partition coefficient (Wildman–Crippen LogP) is 4.57. The van der Waals surface area contributed by atoms with Gasteiger partial charge in [0.15, 0.2) is 11.5 Å². The van der Waals surface area contributed by atoms with Gasteiger partial charge in [-0.25, -0.2) is 0 Å². The van der Waals surface area contributed by atoms with Gasteiger partial charge in [0.05, 0.1) is 20.3 Å². The van der Waals surface area contributed by atoms with Gasteiger partial charge < -0.3 is 14.8 Å². The highest BCUT2D eigenvalue weighted by Gasteiger charge is 2.22. The minimum absolute atomic E-state index is 0.353. The Hall–Kier alpha value is -1.68. The summed E-state index contributed by atoms with van der Waals surface area (Å²) in [6.45, 7) is 0. The number of anilines is 1. The molecule has 1 aliphatic carbocycles. The van der Waals surface area contributed by atoms with Crippen molar-refractivity contribution in [3.05, 3.63) is 52.0 Å². The molecule has 1 atom stereocenters. The number of halogens is 1. The van der Waals surface area contributed by atoms with E-state index in [0.717, 1.165) is 34.5 Å². The highest BCUT2D eigenvalue weighted by Crippen LogP contribution is 2.37. The molecule has 110 valence electrons. The molecule has 1 unspecified atom stereocenters. The third-order valence-corrected chi connectivity index (χ3v) is 4.40. The molecule has 3 rings (SSSR count). The van der Waals surface area contributed by atoms with Crippen molar-refractivity contribution in [1.82, 2.24) is 0 Å². The summed E-state index contributed by atoms with van der Waals surface area (Å²) >= 11 is 3.54. The number of rotatable bonds is 4. The molecule has 0 aliphatic heterocycles. The molecule has 0 aromatic heterocycles. The summed E-state index contributed by atoms with van der Waals surface area (Å²) in [7, 11) is 3.31. The van der Waals surface area contributed by atoms with Crippen LogP contribution >= 0.6 is 15.9 Å². The minimum Gasteiger partial charge on any atom is -0.493 e. The molecule has 2 aromatic rings. The number of nitrogens with one attached hydrogen (secondary N) is 1. The zero-order valence-electron chi connectivity index (χ0n) is 12.2. The van der Waals surface area contributed by atoms with Crippen LogP contribution in [-0.2, 0) is 6.42 Å². The molecule has 21 heavy (non-hydrogen) atoms. The van der Waals surface area contributed by atoms with Gasteiger partial charge >= 0.3 is 0 Å². The van der Waals surface area contributed by atoms with Crippen molar-refractivity contribution in [2.45, 2.75) is 18.9 Å². The van der Waals surface area contributed by atoms with Crippen LogP contribution in [0.3, 0.4) is 0 Å². The van der Waals surface area contributed by atoms with Crippen LogP contribution in [0.1, 0.15) is 23.6 Å². The van der Waals surface area contributed by atoms with E-state index in [9.17, 15) is 0 Å². The molecule has 0 amide bonds. The van der Waals surface area contributed by atoms with E-state index < -0.39 is 0 Å². The molecule has 0 spiro atoms. The van der Waals surface area contributed by atoms with Gasteiger partial charge in [0.1, 0.15) is 0 Å². The van der Waals surface area contributed by atoms with Crippen molar-refractivity contribution in [3.63, 3.8) is 0 Å². The summed E-state index contributed by atoms with van der Waals surface area (Å²) in [6.07, 6.45) is 2.22. The first kappa shape index (κ1) is 14.3. The van der Waals surface area contributed by atoms with Gasteiger partial charge in [-0.05, 0) is 48.2 Å². The van der Waals surface area contributed by atoms with E-state index in [1.54, 1.807) is 14.2 Å². The van der Waals surface area contributed by atoms with Crippen LogP contribution in [0.4, 0.5) is 5.69 Å². The van der Waals surface area contributed by atoms with Gasteiger partial charge in [-0.15, -0.1) is 0 Å². The molecule has 1 aliphatic rings. The SMILES string of the molecule is COc1ccc(NC2CCc3cc(Br)ccc32)cc1OC. The van der Waals surface area contributed by atoms with E-state index in [1.165, 1.54) is 11.1 Å². The second-order valence-electron chi connectivity index (χ2n) is 5.15. The van der Waals surface area contributed by atoms with Crippen LogP contribution in [0.25, 0.3) is 0 Å². The average Bonchev–Trinajstić information content (AvgIpc) is 2.89. The number of fused-ring (bicyclic) bond motifs is 1. The number of ether oxygens (including phenoxy) is 2. The van der Waals surface area contributed by atoms with Gasteiger partial charge in [0.25, 0.3) is 0 Å². The zero-order chi connectivity index (χ0) is 14.8. The summed E-state index contributed by atoms with van der Waals surface area (Å²) < 4.78 is 11.8.